The molecular weight excluding hydrogens is 224 g/mol. The van der Waals surface area contributed by atoms with Gasteiger partial charge in [-0.1, -0.05) is 36.4 Å². The number of aromatic nitrogens is 2. The predicted molar refractivity (Wildman–Crippen MR) is 72.5 cm³/mol. The number of allylic oxidation sites excluding steroid dienone is 1. The molecule has 0 aliphatic carbocycles. The minimum atomic E-state index is 0.117. The Balaban J connectivity index is 2.22. The van der Waals surface area contributed by atoms with Crippen LogP contribution in [0.2, 0.25) is 0 Å². The summed E-state index contributed by atoms with van der Waals surface area (Å²) in [5, 5.41) is 8.96. The second kappa shape index (κ2) is 6.17. The summed E-state index contributed by atoms with van der Waals surface area (Å²) in [6.07, 6.45) is 4.02. The third-order valence-corrected chi connectivity index (χ3v) is 2.82. The second-order valence-corrected chi connectivity index (χ2v) is 4.24. The van der Waals surface area contributed by atoms with E-state index in [-0.39, 0.29) is 6.61 Å². The lowest BCUT2D eigenvalue weighted by molar-refractivity contribution is 0.297. The van der Waals surface area contributed by atoms with Gasteiger partial charge in [0.25, 0.3) is 0 Å². The van der Waals surface area contributed by atoms with E-state index in [1.54, 1.807) is 0 Å². The maximum atomic E-state index is 8.96. The molecule has 1 aromatic carbocycles. The number of rotatable bonds is 6. The molecule has 2 N–H and O–H groups in total. The maximum Gasteiger partial charge on any atom is 0.108 e. The van der Waals surface area contributed by atoms with E-state index in [1.807, 2.05) is 24.3 Å². The molecule has 0 spiro atoms. The monoisotopic (exact) mass is 242 g/mol. The number of nitrogens with one attached hydrogen (secondary N) is 1. The maximum absolute atomic E-state index is 8.96. The first kappa shape index (κ1) is 12.6. The minimum absolute atomic E-state index is 0.117. The van der Waals surface area contributed by atoms with E-state index in [9.17, 15) is 0 Å². The molecule has 0 saturated carbocycles. The molecule has 1 aromatic heterocycles. The van der Waals surface area contributed by atoms with Crippen LogP contribution in [0.3, 0.4) is 0 Å². The summed E-state index contributed by atoms with van der Waals surface area (Å²) in [6, 6.07) is 10.3. The molecule has 94 valence electrons. The number of hydrogen-bond acceptors (Lipinski definition) is 2. The fourth-order valence-electron chi connectivity index (χ4n) is 1.98. The van der Waals surface area contributed by atoms with Crippen LogP contribution in [0.4, 0.5) is 0 Å². The van der Waals surface area contributed by atoms with Gasteiger partial charge in [-0.2, -0.15) is 0 Å². The number of H-pyrrole nitrogens is 1. The Morgan fingerprint density at radius 2 is 2.06 bits per heavy atom. The van der Waals surface area contributed by atoms with E-state index >= 15 is 0 Å². The van der Waals surface area contributed by atoms with Crippen LogP contribution in [0.5, 0.6) is 0 Å². The lowest BCUT2D eigenvalue weighted by atomic mass is 10.1. The van der Waals surface area contributed by atoms with Crippen molar-refractivity contribution in [1.29, 1.82) is 0 Å². The van der Waals surface area contributed by atoms with Crippen LogP contribution < -0.4 is 0 Å². The average molecular weight is 242 g/mol. The van der Waals surface area contributed by atoms with E-state index in [0.29, 0.717) is 6.42 Å². The van der Waals surface area contributed by atoms with Gasteiger partial charge < -0.3 is 10.1 Å². The molecule has 0 aliphatic heterocycles. The fourth-order valence-corrected chi connectivity index (χ4v) is 1.98. The highest BCUT2D eigenvalue weighted by molar-refractivity contribution is 5.26. The quantitative estimate of drug-likeness (QED) is 0.763. The number of aliphatic hydroxyl groups excluding tert-OH is 1. The van der Waals surface area contributed by atoms with Crippen LogP contribution in [0.15, 0.2) is 43.0 Å². The van der Waals surface area contributed by atoms with Crippen LogP contribution in [-0.4, -0.2) is 21.7 Å². The first-order valence-electron chi connectivity index (χ1n) is 6.15. The van der Waals surface area contributed by atoms with Crippen molar-refractivity contribution in [3.63, 3.8) is 0 Å². The Morgan fingerprint density at radius 3 is 2.72 bits per heavy atom. The molecule has 2 aromatic rings. The molecule has 0 amide bonds. The van der Waals surface area contributed by atoms with Crippen LogP contribution in [0.1, 0.15) is 22.8 Å². The van der Waals surface area contributed by atoms with E-state index in [0.717, 1.165) is 30.1 Å². The molecule has 0 unspecified atom stereocenters. The van der Waals surface area contributed by atoms with Crippen LogP contribution in [0, 0.1) is 0 Å². The number of aromatic amines is 1. The van der Waals surface area contributed by atoms with Gasteiger partial charge >= 0.3 is 0 Å². The summed E-state index contributed by atoms with van der Waals surface area (Å²) in [5.41, 5.74) is 3.38. The molecule has 18 heavy (non-hydrogen) atoms. The highest BCUT2D eigenvalue weighted by Gasteiger charge is 2.09. The Morgan fingerprint density at radius 1 is 1.28 bits per heavy atom. The smallest absolute Gasteiger partial charge is 0.108 e. The number of aliphatic hydroxyl groups is 1. The molecule has 0 atom stereocenters. The van der Waals surface area contributed by atoms with Crippen molar-refractivity contribution >= 4 is 0 Å². The number of nitrogens with zero attached hydrogens (tertiary/aromatic N) is 1. The van der Waals surface area contributed by atoms with E-state index in [1.165, 1.54) is 5.56 Å². The summed E-state index contributed by atoms with van der Waals surface area (Å²) in [7, 11) is 0. The van der Waals surface area contributed by atoms with Gasteiger partial charge in [-0.15, -0.1) is 6.58 Å². The SMILES string of the molecule is C=CCc1[nH]c(CCO)nc1Cc1ccccc1. The van der Waals surface area contributed by atoms with Crippen molar-refractivity contribution in [3.8, 4) is 0 Å². The zero-order valence-corrected chi connectivity index (χ0v) is 10.4. The second-order valence-electron chi connectivity index (χ2n) is 4.24. The molecule has 3 heteroatoms. The third-order valence-electron chi connectivity index (χ3n) is 2.82. The molecule has 3 nitrogen and oxygen atoms in total. The molecule has 2 rings (SSSR count). The van der Waals surface area contributed by atoms with Crippen LogP contribution in [0.25, 0.3) is 0 Å². The summed E-state index contributed by atoms with van der Waals surface area (Å²) in [5.74, 6) is 0.847. The van der Waals surface area contributed by atoms with Crippen molar-refractivity contribution in [2.75, 3.05) is 6.61 Å². The van der Waals surface area contributed by atoms with Crippen molar-refractivity contribution in [1.82, 2.24) is 9.97 Å². The number of benzene rings is 1. The van der Waals surface area contributed by atoms with Crippen molar-refractivity contribution in [3.05, 3.63) is 65.8 Å². The van der Waals surface area contributed by atoms with Crippen molar-refractivity contribution < 1.29 is 5.11 Å². The van der Waals surface area contributed by atoms with Gasteiger partial charge in [0, 0.05) is 25.0 Å². The third kappa shape index (κ3) is 3.08. The molecule has 0 bridgehead atoms. The van der Waals surface area contributed by atoms with Crippen LogP contribution >= 0.6 is 0 Å². The highest BCUT2D eigenvalue weighted by atomic mass is 16.3. The lowest BCUT2D eigenvalue weighted by Gasteiger charge is -2.00. The van der Waals surface area contributed by atoms with Gasteiger partial charge in [0.2, 0.25) is 0 Å². The van der Waals surface area contributed by atoms with Gasteiger partial charge in [0.05, 0.1) is 12.3 Å². The summed E-state index contributed by atoms with van der Waals surface area (Å²) in [6.45, 7) is 3.88. The summed E-state index contributed by atoms with van der Waals surface area (Å²) < 4.78 is 0. The fraction of sp³-hybridized carbons (Fsp3) is 0.267. The molecule has 0 saturated heterocycles. The van der Waals surface area contributed by atoms with Crippen molar-refractivity contribution in [2.24, 2.45) is 0 Å². The van der Waals surface area contributed by atoms with E-state index in [4.69, 9.17) is 5.11 Å². The van der Waals surface area contributed by atoms with E-state index in [2.05, 4.69) is 28.7 Å². The van der Waals surface area contributed by atoms with Gasteiger partial charge in [-0.25, -0.2) is 4.98 Å². The summed E-state index contributed by atoms with van der Waals surface area (Å²) in [4.78, 5) is 7.81. The average Bonchev–Trinajstić information content (AvgIpc) is 2.74. The number of imidazole rings is 1. The standard InChI is InChI=1S/C15H18N2O/c1-2-6-13-14(17-15(16-13)9-10-18)11-12-7-4-3-5-8-12/h2-5,7-8,18H,1,6,9-11H2,(H,16,17). The van der Waals surface area contributed by atoms with Gasteiger partial charge in [0.15, 0.2) is 0 Å². The minimum Gasteiger partial charge on any atom is -0.396 e. The molecule has 0 radical (unpaired) electrons. The normalized spacial score (nSPS) is 10.5. The van der Waals surface area contributed by atoms with Crippen LogP contribution in [-0.2, 0) is 19.3 Å². The lowest BCUT2D eigenvalue weighted by Crippen LogP contribution is -1.94. The molecule has 0 fully saturated rings. The molecule has 1 heterocycles. The first-order chi connectivity index (χ1) is 8.83. The summed E-state index contributed by atoms with van der Waals surface area (Å²) >= 11 is 0. The first-order valence-corrected chi connectivity index (χ1v) is 6.15. The predicted octanol–water partition coefficient (Wildman–Crippen LogP) is 2.26. The zero-order valence-electron chi connectivity index (χ0n) is 10.4. The zero-order chi connectivity index (χ0) is 12.8. The van der Waals surface area contributed by atoms with Gasteiger partial charge in [0.1, 0.15) is 5.82 Å². The van der Waals surface area contributed by atoms with Gasteiger partial charge in [-0.3, -0.25) is 0 Å². The Kier molecular flexibility index (Phi) is 4.31. The highest BCUT2D eigenvalue weighted by Crippen LogP contribution is 2.13. The largest absolute Gasteiger partial charge is 0.396 e. The van der Waals surface area contributed by atoms with Gasteiger partial charge in [-0.05, 0) is 5.56 Å². The Bertz CT molecular complexity index is 502. The van der Waals surface area contributed by atoms with Crippen molar-refractivity contribution in [2.45, 2.75) is 19.3 Å². The number of hydrogen-bond donors (Lipinski definition) is 2. The Hall–Kier alpha value is -1.87. The molecule has 0 aliphatic rings. The van der Waals surface area contributed by atoms with E-state index < -0.39 is 0 Å². The Labute approximate surface area is 107 Å². The molecular formula is C15H18N2O. The topological polar surface area (TPSA) is 48.9 Å².